The zero-order valence-electron chi connectivity index (χ0n) is 17.2. The Morgan fingerprint density at radius 3 is 2.03 bits per heavy atom. The van der Waals surface area contributed by atoms with E-state index in [-0.39, 0.29) is 5.41 Å². The molecule has 142 valence electrons. The van der Waals surface area contributed by atoms with Crippen LogP contribution in [0.1, 0.15) is 26.3 Å². The third-order valence-corrected chi connectivity index (χ3v) is 5.75. The van der Waals surface area contributed by atoms with Crippen LogP contribution in [0.15, 0.2) is 97.1 Å². The van der Waals surface area contributed by atoms with Crippen molar-refractivity contribution in [3.63, 3.8) is 0 Å². The third kappa shape index (κ3) is 3.03. The molecule has 1 aromatic heterocycles. The molecule has 0 fully saturated rings. The van der Waals surface area contributed by atoms with Crippen molar-refractivity contribution in [3.05, 3.63) is 103 Å². The maximum atomic E-state index is 2.36. The van der Waals surface area contributed by atoms with Crippen LogP contribution in [0.25, 0.3) is 38.6 Å². The fourth-order valence-corrected chi connectivity index (χ4v) is 4.17. The van der Waals surface area contributed by atoms with Crippen LogP contribution in [0.4, 0.5) is 0 Å². The molecular formula is C28H25N. The average molecular weight is 376 g/mol. The summed E-state index contributed by atoms with van der Waals surface area (Å²) in [4.78, 5) is 0. The maximum absolute atomic E-state index is 2.36. The van der Waals surface area contributed by atoms with Gasteiger partial charge in [0.15, 0.2) is 0 Å². The van der Waals surface area contributed by atoms with E-state index >= 15 is 0 Å². The quantitative estimate of drug-likeness (QED) is 0.297. The van der Waals surface area contributed by atoms with Gasteiger partial charge in [-0.25, -0.2) is 0 Å². The predicted molar refractivity (Wildman–Crippen MR) is 125 cm³/mol. The lowest BCUT2D eigenvalue weighted by Gasteiger charge is -2.20. The number of para-hydroxylation sites is 2. The molecule has 0 spiro atoms. The van der Waals surface area contributed by atoms with Gasteiger partial charge in [-0.15, -0.1) is 0 Å². The van der Waals surface area contributed by atoms with Gasteiger partial charge >= 0.3 is 0 Å². The average Bonchev–Trinajstić information content (AvgIpc) is 3.07. The summed E-state index contributed by atoms with van der Waals surface area (Å²) in [6.07, 6.45) is 0. The van der Waals surface area contributed by atoms with Gasteiger partial charge in [0.2, 0.25) is 0 Å². The van der Waals surface area contributed by atoms with Crippen LogP contribution in [0.5, 0.6) is 0 Å². The first-order valence-corrected chi connectivity index (χ1v) is 10.2. The van der Waals surface area contributed by atoms with Gasteiger partial charge in [-0.3, -0.25) is 0 Å². The molecule has 0 saturated heterocycles. The highest BCUT2D eigenvalue weighted by molar-refractivity contribution is 6.10. The Hall–Kier alpha value is -3.32. The number of aromatic nitrogens is 1. The summed E-state index contributed by atoms with van der Waals surface area (Å²) < 4.78 is 2.36. The third-order valence-electron chi connectivity index (χ3n) is 5.75. The zero-order valence-corrected chi connectivity index (χ0v) is 17.2. The Morgan fingerprint density at radius 1 is 0.552 bits per heavy atom. The van der Waals surface area contributed by atoms with Crippen LogP contribution in [-0.2, 0) is 5.41 Å². The highest BCUT2D eigenvalue weighted by atomic mass is 15.0. The van der Waals surface area contributed by atoms with E-state index in [0.717, 1.165) is 0 Å². The second-order valence-electron chi connectivity index (χ2n) is 8.75. The van der Waals surface area contributed by atoms with E-state index in [1.165, 1.54) is 44.2 Å². The Balaban J connectivity index is 1.76. The first-order chi connectivity index (χ1) is 14.0. The second-order valence-corrected chi connectivity index (χ2v) is 8.75. The molecule has 1 heteroatoms. The summed E-state index contributed by atoms with van der Waals surface area (Å²) in [7, 11) is 0. The van der Waals surface area contributed by atoms with E-state index in [1.807, 2.05) is 0 Å². The van der Waals surface area contributed by atoms with E-state index in [0.29, 0.717) is 0 Å². The predicted octanol–water partition coefficient (Wildman–Crippen LogP) is 7.75. The topological polar surface area (TPSA) is 4.93 Å². The summed E-state index contributed by atoms with van der Waals surface area (Å²) in [6, 6.07) is 35.1. The van der Waals surface area contributed by atoms with Gasteiger partial charge < -0.3 is 4.57 Å². The first-order valence-electron chi connectivity index (χ1n) is 10.2. The molecular weight excluding hydrogens is 350 g/mol. The van der Waals surface area contributed by atoms with Crippen LogP contribution >= 0.6 is 0 Å². The summed E-state index contributed by atoms with van der Waals surface area (Å²) in [5.74, 6) is 0. The van der Waals surface area contributed by atoms with Crippen LogP contribution in [0, 0.1) is 0 Å². The number of hydrogen-bond acceptors (Lipinski definition) is 0. The van der Waals surface area contributed by atoms with E-state index in [2.05, 4.69) is 122 Å². The van der Waals surface area contributed by atoms with Crippen molar-refractivity contribution >= 4 is 21.8 Å². The molecule has 5 aromatic rings. The fraction of sp³-hybridized carbons (Fsp3) is 0.143. The lowest BCUT2D eigenvalue weighted by Crippen LogP contribution is -2.10. The van der Waals surface area contributed by atoms with Gasteiger partial charge in [-0.05, 0) is 52.4 Å². The molecule has 1 nitrogen and oxygen atoms in total. The maximum Gasteiger partial charge on any atom is 0.0541 e. The molecule has 0 radical (unpaired) electrons. The molecule has 0 atom stereocenters. The summed E-state index contributed by atoms with van der Waals surface area (Å²) in [6.45, 7) is 6.80. The van der Waals surface area contributed by atoms with Gasteiger partial charge in [0.25, 0.3) is 0 Å². The number of hydrogen-bond donors (Lipinski definition) is 0. The Bertz CT molecular complexity index is 1320. The van der Waals surface area contributed by atoms with Gasteiger partial charge in [0.1, 0.15) is 0 Å². The summed E-state index contributed by atoms with van der Waals surface area (Å²) in [5, 5.41) is 2.59. The molecule has 0 unspecified atom stereocenters. The van der Waals surface area contributed by atoms with Crippen LogP contribution < -0.4 is 0 Å². The molecule has 0 aliphatic heterocycles. The van der Waals surface area contributed by atoms with Gasteiger partial charge in [0, 0.05) is 16.5 Å². The number of fused-ring (bicyclic) bond motifs is 3. The first kappa shape index (κ1) is 17.8. The second kappa shape index (κ2) is 6.63. The minimum atomic E-state index is 0.142. The smallest absolute Gasteiger partial charge is 0.0541 e. The Labute approximate surface area is 172 Å². The number of benzene rings is 4. The molecule has 0 N–H and O–H groups in total. The largest absolute Gasteiger partial charge is 0.309 e. The molecule has 0 saturated carbocycles. The molecule has 0 amide bonds. The van der Waals surface area contributed by atoms with Gasteiger partial charge in [-0.1, -0.05) is 87.5 Å². The molecule has 0 aliphatic rings. The lowest BCUT2D eigenvalue weighted by atomic mass is 9.85. The van der Waals surface area contributed by atoms with Crippen LogP contribution in [0.2, 0.25) is 0 Å². The molecule has 4 aromatic carbocycles. The van der Waals surface area contributed by atoms with Crippen molar-refractivity contribution in [2.24, 2.45) is 0 Å². The minimum absolute atomic E-state index is 0.142. The van der Waals surface area contributed by atoms with Crippen molar-refractivity contribution in [1.82, 2.24) is 4.57 Å². The van der Waals surface area contributed by atoms with Crippen molar-refractivity contribution in [2.45, 2.75) is 26.2 Å². The molecule has 1 heterocycles. The van der Waals surface area contributed by atoms with Crippen LogP contribution in [-0.4, -0.2) is 4.57 Å². The molecule has 5 rings (SSSR count). The van der Waals surface area contributed by atoms with E-state index in [4.69, 9.17) is 0 Å². The molecule has 0 bridgehead atoms. The monoisotopic (exact) mass is 375 g/mol. The number of nitrogens with zero attached hydrogens (tertiary/aromatic N) is 1. The lowest BCUT2D eigenvalue weighted by molar-refractivity contribution is 0.590. The van der Waals surface area contributed by atoms with E-state index in [1.54, 1.807) is 0 Å². The fourth-order valence-electron chi connectivity index (χ4n) is 4.17. The van der Waals surface area contributed by atoms with Crippen molar-refractivity contribution in [1.29, 1.82) is 0 Å². The minimum Gasteiger partial charge on any atom is -0.309 e. The Morgan fingerprint density at radius 2 is 1.24 bits per heavy atom. The molecule has 29 heavy (non-hydrogen) atoms. The zero-order chi connectivity index (χ0) is 20.0. The normalized spacial score (nSPS) is 12.0. The molecule has 0 aliphatic carbocycles. The van der Waals surface area contributed by atoms with Crippen LogP contribution in [0.3, 0.4) is 0 Å². The van der Waals surface area contributed by atoms with Crippen molar-refractivity contribution in [3.8, 4) is 16.8 Å². The number of rotatable bonds is 2. The highest BCUT2D eigenvalue weighted by Gasteiger charge is 2.15. The van der Waals surface area contributed by atoms with Gasteiger partial charge in [-0.2, -0.15) is 0 Å². The van der Waals surface area contributed by atoms with Crippen molar-refractivity contribution < 1.29 is 0 Å². The summed E-state index contributed by atoms with van der Waals surface area (Å²) in [5.41, 5.74) is 7.73. The standard InChI is InChI=1S/C28H25N/c1-28(2,3)22-11-9-10-20(18-22)21-16-17-27-25(19-21)24-14-7-8-15-26(24)29(27)23-12-5-4-6-13-23/h4-19H,1-3H3. The summed E-state index contributed by atoms with van der Waals surface area (Å²) >= 11 is 0. The van der Waals surface area contributed by atoms with Gasteiger partial charge in [0.05, 0.1) is 11.0 Å². The highest BCUT2D eigenvalue weighted by Crippen LogP contribution is 2.35. The SMILES string of the molecule is CC(C)(C)c1cccc(-c2ccc3c(c2)c2ccccc2n3-c2ccccc2)c1. The van der Waals surface area contributed by atoms with Crippen molar-refractivity contribution in [2.75, 3.05) is 0 Å². The Kier molecular flexibility index (Phi) is 4.06. The van der Waals surface area contributed by atoms with E-state index < -0.39 is 0 Å². The van der Waals surface area contributed by atoms with E-state index in [9.17, 15) is 0 Å².